The molecule has 1 saturated heterocycles. The molecule has 0 aromatic heterocycles. The van der Waals surface area contributed by atoms with Crippen LogP contribution >= 0.6 is 11.6 Å². The Kier molecular flexibility index (Phi) is 4.66. The summed E-state index contributed by atoms with van der Waals surface area (Å²) in [5.74, 6) is -0.642. The van der Waals surface area contributed by atoms with Crippen LogP contribution in [0.3, 0.4) is 0 Å². The molecule has 3 rings (SSSR count). The summed E-state index contributed by atoms with van der Waals surface area (Å²) in [4.78, 5) is 27.4. The zero-order valence-corrected chi connectivity index (χ0v) is 13.5. The van der Waals surface area contributed by atoms with Crippen molar-refractivity contribution in [3.05, 3.63) is 59.4 Å². The lowest BCUT2D eigenvalue weighted by Crippen LogP contribution is -2.37. The van der Waals surface area contributed by atoms with Gasteiger partial charge in [0.2, 0.25) is 5.91 Å². The summed E-state index contributed by atoms with van der Waals surface area (Å²) >= 11 is 5.79. The molecule has 1 aliphatic heterocycles. The van der Waals surface area contributed by atoms with Crippen molar-refractivity contribution in [1.29, 1.82) is 0 Å². The molecule has 0 bridgehead atoms. The Labute approximate surface area is 143 Å². The highest BCUT2D eigenvalue weighted by molar-refractivity contribution is 6.30. The van der Waals surface area contributed by atoms with Crippen LogP contribution in [0, 0.1) is 5.82 Å². The molecule has 1 fully saturated rings. The number of nitrogens with one attached hydrogen (secondary N) is 1. The van der Waals surface area contributed by atoms with Gasteiger partial charge < -0.3 is 10.2 Å². The summed E-state index contributed by atoms with van der Waals surface area (Å²) in [5.41, 5.74) is 1.23. The Balaban J connectivity index is 1.60. The Hall–Kier alpha value is -2.60. The fourth-order valence-electron chi connectivity index (χ4n) is 2.50. The highest BCUT2D eigenvalue weighted by atomic mass is 35.5. The van der Waals surface area contributed by atoms with Gasteiger partial charge in [0.05, 0.1) is 0 Å². The third kappa shape index (κ3) is 3.65. The first-order valence-electron chi connectivity index (χ1n) is 7.40. The van der Waals surface area contributed by atoms with Gasteiger partial charge in [0, 0.05) is 29.5 Å². The van der Waals surface area contributed by atoms with Crippen molar-refractivity contribution in [3.8, 4) is 0 Å². The van der Waals surface area contributed by atoms with E-state index in [0.717, 1.165) is 0 Å². The van der Waals surface area contributed by atoms with E-state index in [1.807, 2.05) is 0 Å². The molecule has 1 N–H and O–H groups in total. The van der Waals surface area contributed by atoms with Gasteiger partial charge in [-0.1, -0.05) is 11.6 Å². The van der Waals surface area contributed by atoms with Gasteiger partial charge in [0.25, 0.3) is 0 Å². The van der Waals surface area contributed by atoms with Crippen LogP contribution in [0.5, 0.6) is 0 Å². The lowest BCUT2D eigenvalue weighted by molar-refractivity contribution is -0.116. The molecule has 1 aliphatic rings. The van der Waals surface area contributed by atoms with E-state index >= 15 is 0 Å². The Bertz CT molecular complexity index is 749. The third-order valence-corrected chi connectivity index (χ3v) is 3.95. The van der Waals surface area contributed by atoms with Crippen molar-refractivity contribution in [3.63, 3.8) is 0 Å². The minimum Gasteiger partial charge on any atom is -0.325 e. The molecule has 24 heavy (non-hydrogen) atoms. The predicted octanol–water partition coefficient (Wildman–Crippen LogP) is 3.36. The molecule has 3 amide bonds. The van der Waals surface area contributed by atoms with Crippen LogP contribution in [0.2, 0.25) is 5.02 Å². The average Bonchev–Trinajstić information content (AvgIpc) is 2.91. The largest absolute Gasteiger partial charge is 0.325 e. The van der Waals surface area contributed by atoms with Gasteiger partial charge in [-0.05, 0) is 48.5 Å². The van der Waals surface area contributed by atoms with E-state index in [9.17, 15) is 14.0 Å². The highest BCUT2D eigenvalue weighted by Crippen LogP contribution is 2.20. The molecular weight excluding hydrogens is 333 g/mol. The lowest BCUT2D eigenvalue weighted by Gasteiger charge is -2.18. The van der Waals surface area contributed by atoms with Crippen molar-refractivity contribution >= 4 is 34.9 Å². The molecule has 0 aliphatic carbocycles. The first kappa shape index (κ1) is 16.3. The van der Waals surface area contributed by atoms with Crippen molar-refractivity contribution in [2.24, 2.45) is 0 Å². The highest BCUT2D eigenvalue weighted by Gasteiger charge is 2.30. The Morgan fingerprint density at radius 1 is 1.08 bits per heavy atom. The number of hydrogen-bond donors (Lipinski definition) is 1. The van der Waals surface area contributed by atoms with Crippen molar-refractivity contribution in [2.75, 3.05) is 29.9 Å². The van der Waals surface area contributed by atoms with E-state index in [1.54, 1.807) is 36.4 Å². The van der Waals surface area contributed by atoms with Crippen LogP contribution in [0.15, 0.2) is 48.5 Å². The second-order valence-corrected chi connectivity index (χ2v) is 5.82. The maximum Gasteiger partial charge on any atom is 0.325 e. The van der Waals surface area contributed by atoms with Crippen LogP contribution in [0.25, 0.3) is 0 Å². The summed E-state index contributed by atoms with van der Waals surface area (Å²) in [6.07, 6.45) is 0. The third-order valence-electron chi connectivity index (χ3n) is 3.70. The number of halogens is 2. The fourth-order valence-corrected chi connectivity index (χ4v) is 2.62. The van der Waals surface area contributed by atoms with E-state index in [-0.39, 0.29) is 24.3 Å². The van der Waals surface area contributed by atoms with Gasteiger partial charge in [-0.2, -0.15) is 0 Å². The SMILES string of the molecule is O=C(CN1CCN(c2ccc(F)cc2)C1=O)Nc1ccc(Cl)cc1. The summed E-state index contributed by atoms with van der Waals surface area (Å²) in [7, 11) is 0. The summed E-state index contributed by atoms with van der Waals surface area (Å²) in [5, 5.41) is 3.30. The molecule has 2 aromatic carbocycles. The molecule has 7 heteroatoms. The maximum absolute atomic E-state index is 13.0. The van der Waals surface area contributed by atoms with Crippen LogP contribution in [0.4, 0.5) is 20.6 Å². The molecule has 5 nitrogen and oxygen atoms in total. The van der Waals surface area contributed by atoms with E-state index in [1.165, 1.54) is 21.9 Å². The standard InChI is InChI=1S/C17H15ClFN3O2/c18-12-1-5-14(6-2-12)20-16(23)11-21-9-10-22(17(21)24)15-7-3-13(19)4-8-15/h1-8H,9-11H2,(H,20,23). The molecule has 124 valence electrons. The summed E-state index contributed by atoms with van der Waals surface area (Å²) in [6, 6.07) is 12.2. The summed E-state index contributed by atoms with van der Waals surface area (Å²) in [6.45, 7) is 0.849. The topological polar surface area (TPSA) is 52.7 Å². The molecular formula is C17H15ClFN3O2. The number of urea groups is 1. The van der Waals surface area contributed by atoms with Gasteiger partial charge in [0.15, 0.2) is 0 Å². The van der Waals surface area contributed by atoms with Gasteiger partial charge in [0.1, 0.15) is 12.4 Å². The van der Waals surface area contributed by atoms with Crippen molar-refractivity contribution < 1.29 is 14.0 Å². The molecule has 0 spiro atoms. The van der Waals surface area contributed by atoms with Crippen LogP contribution in [-0.4, -0.2) is 36.5 Å². The van der Waals surface area contributed by atoms with Crippen LogP contribution in [-0.2, 0) is 4.79 Å². The Morgan fingerprint density at radius 3 is 2.42 bits per heavy atom. The van der Waals surface area contributed by atoms with E-state index in [0.29, 0.717) is 29.5 Å². The van der Waals surface area contributed by atoms with Crippen molar-refractivity contribution in [1.82, 2.24) is 4.90 Å². The number of anilines is 2. The zero-order chi connectivity index (χ0) is 17.1. The first-order valence-corrected chi connectivity index (χ1v) is 7.78. The molecule has 1 heterocycles. The number of rotatable bonds is 4. The number of carbonyl (C=O) groups excluding carboxylic acids is 2. The predicted molar refractivity (Wildman–Crippen MR) is 90.8 cm³/mol. The monoisotopic (exact) mass is 347 g/mol. The van der Waals surface area contributed by atoms with E-state index < -0.39 is 0 Å². The van der Waals surface area contributed by atoms with Gasteiger partial charge >= 0.3 is 6.03 Å². The maximum atomic E-state index is 13.0. The Morgan fingerprint density at radius 2 is 1.75 bits per heavy atom. The average molecular weight is 348 g/mol. The van der Waals surface area contributed by atoms with Gasteiger partial charge in [-0.25, -0.2) is 9.18 Å². The number of hydrogen-bond acceptors (Lipinski definition) is 2. The second-order valence-electron chi connectivity index (χ2n) is 5.39. The molecule has 0 atom stereocenters. The number of benzene rings is 2. The number of carbonyl (C=O) groups is 2. The minimum absolute atomic E-state index is 0.0425. The molecule has 2 aromatic rings. The smallest absolute Gasteiger partial charge is 0.325 e. The fraction of sp³-hybridized carbons (Fsp3) is 0.176. The van der Waals surface area contributed by atoms with E-state index in [4.69, 9.17) is 11.6 Å². The lowest BCUT2D eigenvalue weighted by atomic mass is 10.3. The first-order chi connectivity index (χ1) is 11.5. The minimum atomic E-state index is -0.357. The number of nitrogens with zero attached hydrogens (tertiary/aromatic N) is 2. The zero-order valence-electron chi connectivity index (χ0n) is 12.7. The quantitative estimate of drug-likeness (QED) is 0.922. The van der Waals surface area contributed by atoms with Crippen LogP contribution < -0.4 is 10.2 Å². The normalized spacial score (nSPS) is 14.2. The molecule has 0 unspecified atom stereocenters. The molecule has 0 saturated carbocycles. The molecule has 0 radical (unpaired) electrons. The second kappa shape index (κ2) is 6.88. The number of amides is 3. The van der Waals surface area contributed by atoms with Crippen LogP contribution in [0.1, 0.15) is 0 Å². The van der Waals surface area contributed by atoms with Crippen molar-refractivity contribution in [2.45, 2.75) is 0 Å². The van der Waals surface area contributed by atoms with E-state index in [2.05, 4.69) is 5.32 Å². The van der Waals surface area contributed by atoms with Gasteiger partial charge in [-0.15, -0.1) is 0 Å². The summed E-state index contributed by atoms with van der Waals surface area (Å²) < 4.78 is 13.0. The van der Waals surface area contributed by atoms with Gasteiger partial charge in [-0.3, -0.25) is 9.69 Å².